The number of hydrogen-bond donors (Lipinski definition) is 2. The molecule has 0 bridgehead atoms. The first-order valence-electron chi connectivity index (χ1n) is 10.1. The number of ether oxygens (including phenoxy) is 1. The van der Waals surface area contributed by atoms with Gasteiger partial charge in [0, 0.05) is 32.2 Å². The number of rotatable bonds is 6. The minimum Gasteiger partial charge on any atom is -0.377 e. The van der Waals surface area contributed by atoms with Crippen molar-refractivity contribution < 1.29 is 4.74 Å². The van der Waals surface area contributed by atoms with Crippen molar-refractivity contribution >= 4 is 47.2 Å². The van der Waals surface area contributed by atoms with Crippen molar-refractivity contribution in [3.63, 3.8) is 0 Å². The Morgan fingerprint density at radius 3 is 2.96 bits per heavy atom. The summed E-state index contributed by atoms with van der Waals surface area (Å²) in [5.41, 5.74) is 2.59. The molecule has 0 spiro atoms. The van der Waals surface area contributed by atoms with Crippen molar-refractivity contribution in [1.29, 1.82) is 0 Å². The van der Waals surface area contributed by atoms with Crippen molar-refractivity contribution in [3.05, 3.63) is 40.9 Å². The molecule has 1 fully saturated rings. The summed E-state index contributed by atoms with van der Waals surface area (Å²) in [4.78, 5) is 7.16. The lowest BCUT2D eigenvalue weighted by molar-refractivity contribution is 0.153. The van der Waals surface area contributed by atoms with Crippen LogP contribution in [0.25, 0.3) is 0 Å². The highest BCUT2D eigenvalue weighted by Gasteiger charge is 2.22. The van der Waals surface area contributed by atoms with Gasteiger partial charge < -0.3 is 20.3 Å². The van der Waals surface area contributed by atoms with Crippen LogP contribution in [-0.4, -0.2) is 51.4 Å². The lowest BCUT2D eigenvalue weighted by Gasteiger charge is -2.35. The zero-order valence-corrected chi connectivity index (χ0v) is 19.7. The summed E-state index contributed by atoms with van der Waals surface area (Å²) in [6.07, 6.45) is 6.54. The highest BCUT2D eigenvalue weighted by atomic mass is 127. The van der Waals surface area contributed by atoms with Crippen LogP contribution in [0.15, 0.2) is 40.9 Å². The second kappa shape index (κ2) is 12.5. The summed E-state index contributed by atoms with van der Waals surface area (Å²) < 4.78 is 5.37. The smallest absolute Gasteiger partial charge is 0.191 e. The van der Waals surface area contributed by atoms with Crippen LogP contribution in [0.2, 0.25) is 5.02 Å². The quantitative estimate of drug-likeness (QED) is 0.256. The van der Waals surface area contributed by atoms with Crippen molar-refractivity contribution in [2.75, 3.05) is 44.3 Å². The van der Waals surface area contributed by atoms with Crippen LogP contribution in [0, 0.1) is 0 Å². The standard InChI is InChI=1S/C21H31ClN4O.HI/c1-2-23-21(24-12-9-17-10-14-27-15-11-17)25-18-6-5-13-26(16-18)20-8-4-3-7-19(20)22;/h3-4,7-8,10,18H,2,5-6,9,11-16H2,1H3,(H2,23,24,25);1H. The molecule has 0 radical (unpaired) electrons. The van der Waals surface area contributed by atoms with Crippen LogP contribution >= 0.6 is 35.6 Å². The maximum Gasteiger partial charge on any atom is 0.191 e. The van der Waals surface area contributed by atoms with Gasteiger partial charge in [-0.2, -0.15) is 0 Å². The van der Waals surface area contributed by atoms with Crippen LogP contribution in [0.3, 0.4) is 0 Å². The van der Waals surface area contributed by atoms with Gasteiger partial charge in [-0.3, -0.25) is 4.99 Å². The summed E-state index contributed by atoms with van der Waals surface area (Å²) in [6, 6.07) is 8.47. The zero-order valence-electron chi connectivity index (χ0n) is 16.6. The zero-order chi connectivity index (χ0) is 18.9. The van der Waals surface area contributed by atoms with Gasteiger partial charge in [0.1, 0.15) is 0 Å². The van der Waals surface area contributed by atoms with E-state index in [9.17, 15) is 0 Å². The van der Waals surface area contributed by atoms with E-state index >= 15 is 0 Å². The molecule has 156 valence electrons. The van der Waals surface area contributed by atoms with Gasteiger partial charge in [-0.15, -0.1) is 24.0 Å². The highest BCUT2D eigenvalue weighted by molar-refractivity contribution is 14.0. The minimum absolute atomic E-state index is 0. The molecule has 1 aromatic rings. The molecule has 0 aliphatic carbocycles. The van der Waals surface area contributed by atoms with Gasteiger partial charge in [0.05, 0.1) is 23.9 Å². The Hall–Kier alpha value is -0.990. The van der Waals surface area contributed by atoms with Crippen LogP contribution in [0.4, 0.5) is 5.69 Å². The van der Waals surface area contributed by atoms with Crippen molar-refractivity contribution in [1.82, 2.24) is 10.6 Å². The molecule has 7 heteroatoms. The van der Waals surface area contributed by atoms with Gasteiger partial charge in [-0.05, 0) is 44.7 Å². The summed E-state index contributed by atoms with van der Waals surface area (Å²) in [5.74, 6) is 0.913. The number of aliphatic imine (C=N–C) groups is 1. The predicted octanol–water partition coefficient (Wildman–Crippen LogP) is 4.22. The third kappa shape index (κ3) is 7.12. The van der Waals surface area contributed by atoms with Crippen molar-refractivity contribution in [3.8, 4) is 0 Å². The number of piperidine rings is 1. The Morgan fingerprint density at radius 2 is 2.21 bits per heavy atom. The molecule has 2 heterocycles. The van der Waals surface area contributed by atoms with E-state index in [0.29, 0.717) is 6.04 Å². The number of halogens is 2. The third-order valence-corrected chi connectivity index (χ3v) is 5.38. The molecule has 1 aromatic carbocycles. The fourth-order valence-corrected chi connectivity index (χ4v) is 3.89. The van der Waals surface area contributed by atoms with E-state index in [-0.39, 0.29) is 24.0 Å². The van der Waals surface area contributed by atoms with Gasteiger partial charge in [0.2, 0.25) is 0 Å². The molecule has 1 atom stereocenters. The first kappa shape index (κ1) is 23.3. The number of para-hydroxylation sites is 1. The molecule has 1 unspecified atom stereocenters. The lowest BCUT2D eigenvalue weighted by Crippen LogP contribution is -2.51. The molecule has 2 aliphatic heterocycles. The molecular formula is C21H32ClIN4O. The summed E-state index contributed by atoms with van der Waals surface area (Å²) in [5, 5.41) is 7.83. The Labute approximate surface area is 191 Å². The molecular weight excluding hydrogens is 487 g/mol. The number of hydrogen-bond acceptors (Lipinski definition) is 3. The molecule has 0 aromatic heterocycles. The van der Waals surface area contributed by atoms with Crippen LogP contribution in [0.5, 0.6) is 0 Å². The molecule has 0 saturated carbocycles. The minimum atomic E-state index is 0. The number of guanidine groups is 1. The van der Waals surface area contributed by atoms with Crippen molar-refractivity contribution in [2.45, 2.75) is 38.6 Å². The van der Waals surface area contributed by atoms with Gasteiger partial charge >= 0.3 is 0 Å². The molecule has 1 saturated heterocycles. The molecule has 5 nitrogen and oxygen atoms in total. The summed E-state index contributed by atoms with van der Waals surface area (Å²) in [6.45, 7) is 7.36. The number of nitrogens with one attached hydrogen (secondary N) is 2. The molecule has 2 aliphatic rings. The fourth-order valence-electron chi connectivity index (χ4n) is 3.64. The third-order valence-electron chi connectivity index (χ3n) is 5.06. The van der Waals surface area contributed by atoms with Gasteiger partial charge in [0.25, 0.3) is 0 Å². The number of anilines is 1. The Balaban J connectivity index is 0.00000280. The average molecular weight is 519 g/mol. The lowest BCUT2D eigenvalue weighted by atomic mass is 10.0. The predicted molar refractivity (Wildman–Crippen MR) is 129 cm³/mol. The van der Waals surface area contributed by atoms with Crippen molar-refractivity contribution in [2.24, 2.45) is 4.99 Å². The van der Waals surface area contributed by atoms with Crippen LogP contribution in [-0.2, 0) is 4.74 Å². The van der Waals surface area contributed by atoms with E-state index in [1.807, 2.05) is 12.1 Å². The first-order valence-corrected chi connectivity index (χ1v) is 10.4. The second-order valence-electron chi connectivity index (χ2n) is 7.08. The van der Waals surface area contributed by atoms with E-state index < -0.39 is 0 Å². The van der Waals surface area contributed by atoms with Gasteiger partial charge in [-0.1, -0.05) is 35.4 Å². The van der Waals surface area contributed by atoms with Crippen LogP contribution < -0.4 is 15.5 Å². The van der Waals surface area contributed by atoms with E-state index in [1.54, 1.807) is 0 Å². The average Bonchev–Trinajstić information content (AvgIpc) is 2.69. The summed E-state index contributed by atoms with van der Waals surface area (Å²) >= 11 is 6.39. The van der Waals surface area contributed by atoms with Gasteiger partial charge in [-0.25, -0.2) is 0 Å². The number of nitrogens with zero attached hydrogens (tertiary/aromatic N) is 2. The Kier molecular flexibility index (Phi) is 10.4. The van der Waals surface area contributed by atoms with Crippen LogP contribution in [0.1, 0.15) is 32.6 Å². The Bertz CT molecular complexity index is 668. The normalized spacial score (nSPS) is 20.2. The van der Waals surface area contributed by atoms with E-state index in [2.05, 4.69) is 40.7 Å². The van der Waals surface area contributed by atoms with E-state index in [0.717, 1.165) is 81.7 Å². The topological polar surface area (TPSA) is 48.9 Å². The monoisotopic (exact) mass is 518 g/mol. The molecule has 2 N–H and O–H groups in total. The largest absolute Gasteiger partial charge is 0.377 e. The fraction of sp³-hybridized carbons (Fsp3) is 0.571. The maximum atomic E-state index is 6.39. The van der Waals surface area contributed by atoms with E-state index in [1.165, 1.54) is 5.57 Å². The maximum absolute atomic E-state index is 6.39. The molecule has 28 heavy (non-hydrogen) atoms. The Morgan fingerprint density at radius 1 is 1.36 bits per heavy atom. The number of benzene rings is 1. The first-order chi connectivity index (χ1) is 13.3. The van der Waals surface area contributed by atoms with Gasteiger partial charge in [0.15, 0.2) is 5.96 Å². The molecule has 0 amide bonds. The van der Waals surface area contributed by atoms with E-state index in [4.69, 9.17) is 21.3 Å². The molecule has 3 rings (SSSR count). The SMILES string of the molecule is CCNC(=NCCC1=CCOCC1)NC1CCCN(c2ccccc2Cl)C1.I. The highest BCUT2D eigenvalue weighted by Crippen LogP contribution is 2.27. The summed E-state index contributed by atoms with van der Waals surface area (Å²) in [7, 11) is 0. The second-order valence-corrected chi connectivity index (χ2v) is 7.49.